The highest BCUT2D eigenvalue weighted by Gasteiger charge is 2.19. The van der Waals surface area contributed by atoms with E-state index in [0.717, 1.165) is 0 Å². The molecule has 0 saturated carbocycles. The van der Waals surface area contributed by atoms with Crippen molar-refractivity contribution in [3.63, 3.8) is 0 Å². The van der Waals surface area contributed by atoms with Gasteiger partial charge in [0, 0.05) is 10.0 Å². The Morgan fingerprint density at radius 1 is 1.22 bits per heavy atom. The predicted octanol–water partition coefficient (Wildman–Crippen LogP) is 4.21. The molecule has 18 heavy (non-hydrogen) atoms. The topological polar surface area (TPSA) is 35.5 Å². The van der Waals surface area contributed by atoms with Crippen molar-refractivity contribution in [1.82, 2.24) is 0 Å². The van der Waals surface area contributed by atoms with Crippen LogP contribution >= 0.6 is 31.9 Å². The van der Waals surface area contributed by atoms with Crippen LogP contribution in [0.3, 0.4) is 0 Å². The van der Waals surface area contributed by atoms with Crippen molar-refractivity contribution in [2.75, 3.05) is 13.2 Å². The first-order valence-electron chi connectivity index (χ1n) is 5.78. The zero-order valence-electron chi connectivity index (χ0n) is 10.6. The Kier molecular flexibility index (Phi) is 6.15. The first-order valence-corrected chi connectivity index (χ1v) is 7.49. The Hall–Kier alpha value is -0.550. The van der Waals surface area contributed by atoms with Crippen LogP contribution < -0.4 is 9.47 Å². The molecule has 0 aliphatic carbocycles. The van der Waals surface area contributed by atoms with Gasteiger partial charge in [-0.3, -0.25) is 4.79 Å². The van der Waals surface area contributed by atoms with E-state index in [-0.39, 0.29) is 10.6 Å². The molecular formula is C13H16Br2O3. The number of carbonyl (C=O) groups excluding carboxylic acids is 1. The molecule has 0 amide bonds. The molecule has 0 spiro atoms. The van der Waals surface area contributed by atoms with Crippen molar-refractivity contribution in [2.24, 2.45) is 0 Å². The van der Waals surface area contributed by atoms with E-state index in [2.05, 4.69) is 31.9 Å². The van der Waals surface area contributed by atoms with Crippen LogP contribution in [-0.4, -0.2) is 23.8 Å². The number of hydrogen-bond acceptors (Lipinski definition) is 3. The van der Waals surface area contributed by atoms with Gasteiger partial charge in [0.2, 0.25) is 0 Å². The highest BCUT2D eigenvalue weighted by atomic mass is 79.9. The van der Waals surface area contributed by atoms with Gasteiger partial charge in [-0.2, -0.15) is 0 Å². The molecule has 0 saturated heterocycles. The van der Waals surface area contributed by atoms with Crippen LogP contribution in [0.25, 0.3) is 0 Å². The number of Topliss-reactive ketones (excluding diaryl/α,β-unsaturated/α-hetero) is 1. The van der Waals surface area contributed by atoms with Gasteiger partial charge in [-0.25, -0.2) is 0 Å². The smallest absolute Gasteiger partial charge is 0.177 e. The molecule has 1 unspecified atom stereocenters. The summed E-state index contributed by atoms with van der Waals surface area (Å²) >= 11 is 6.68. The SMILES string of the molecule is CCOc1cc(Br)c(C(=O)C(C)Br)cc1OCC. The van der Waals surface area contributed by atoms with Crippen LogP contribution in [0.1, 0.15) is 31.1 Å². The second kappa shape index (κ2) is 7.14. The first-order chi connectivity index (χ1) is 8.51. The van der Waals surface area contributed by atoms with Crippen LogP contribution in [0.15, 0.2) is 16.6 Å². The molecule has 0 aliphatic rings. The Bertz CT molecular complexity index is 430. The number of halogens is 2. The van der Waals surface area contributed by atoms with Crippen molar-refractivity contribution in [3.05, 3.63) is 22.2 Å². The van der Waals surface area contributed by atoms with Crippen LogP contribution in [0.2, 0.25) is 0 Å². The molecule has 5 heteroatoms. The minimum absolute atomic E-state index is 0.00544. The van der Waals surface area contributed by atoms with E-state index in [1.807, 2.05) is 13.8 Å². The molecule has 0 fully saturated rings. The Labute approximate surface area is 124 Å². The maximum Gasteiger partial charge on any atom is 0.177 e. The number of ether oxygens (including phenoxy) is 2. The monoisotopic (exact) mass is 378 g/mol. The molecule has 1 rings (SSSR count). The Morgan fingerprint density at radius 2 is 1.72 bits per heavy atom. The van der Waals surface area contributed by atoms with Gasteiger partial charge in [-0.15, -0.1) is 0 Å². The molecule has 3 nitrogen and oxygen atoms in total. The fourth-order valence-electron chi connectivity index (χ4n) is 1.47. The van der Waals surface area contributed by atoms with Crippen molar-refractivity contribution in [3.8, 4) is 11.5 Å². The minimum atomic E-state index is -0.235. The zero-order chi connectivity index (χ0) is 13.7. The third-order valence-corrected chi connectivity index (χ3v) is 3.33. The van der Waals surface area contributed by atoms with Crippen LogP contribution in [0.4, 0.5) is 0 Å². The summed E-state index contributed by atoms with van der Waals surface area (Å²) in [5, 5.41) is 0. The third-order valence-electron chi connectivity index (χ3n) is 2.26. The lowest BCUT2D eigenvalue weighted by atomic mass is 10.1. The summed E-state index contributed by atoms with van der Waals surface area (Å²) in [4.78, 5) is 11.8. The second-order valence-electron chi connectivity index (χ2n) is 3.63. The van der Waals surface area contributed by atoms with E-state index in [1.165, 1.54) is 0 Å². The van der Waals surface area contributed by atoms with Gasteiger partial charge in [0.25, 0.3) is 0 Å². The summed E-state index contributed by atoms with van der Waals surface area (Å²) < 4.78 is 11.7. The van der Waals surface area contributed by atoms with Crippen LogP contribution in [-0.2, 0) is 0 Å². The Morgan fingerprint density at radius 3 is 2.17 bits per heavy atom. The van der Waals surface area contributed by atoms with Crippen molar-refractivity contribution in [2.45, 2.75) is 25.6 Å². The molecule has 0 radical (unpaired) electrons. The van der Waals surface area contributed by atoms with Gasteiger partial charge >= 0.3 is 0 Å². The molecule has 100 valence electrons. The summed E-state index contributed by atoms with van der Waals surface area (Å²) in [6.45, 7) is 6.68. The van der Waals surface area contributed by atoms with Crippen LogP contribution in [0.5, 0.6) is 11.5 Å². The van der Waals surface area contributed by atoms with E-state index in [4.69, 9.17) is 9.47 Å². The number of ketones is 1. The highest BCUT2D eigenvalue weighted by molar-refractivity contribution is 9.10. The molecular weight excluding hydrogens is 364 g/mol. The molecule has 0 bridgehead atoms. The summed E-state index contributed by atoms with van der Waals surface area (Å²) in [5.41, 5.74) is 0.589. The fourth-order valence-corrected chi connectivity index (χ4v) is 2.24. The molecule has 1 atom stereocenters. The largest absolute Gasteiger partial charge is 0.490 e. The number of hydrogen-bond donors (Lipinski definition) is 0. The summed E-state index contributed by atoms with van der Waals surface area (Å²) in [7, 11) is 0. The summed E-state index contributed by atoms with van der Waals surface area (Å²) in [6, 6.07) is 3.50. The van der Waals surface area contributed by atoms with Crippen LogP contribution in [0, 0.1) is 0 Å². The molecule has 0 N–H and O–H groups in total. The molecule has 0 aromatic heterocycles. The lowest BCUT2D eigenvalue weighted by molar-refractivity contribution is 0.0994. The fraction of sp³-hybridized carbons (Fsp3) is 0.462. The standard InChI is InChI=1S/C13H16Br2O3/c1-4-17-11-6-9(13(16)8(3)14)10(15)7-12(11)18-5-2/h6-8H,4-5H2,1-3H3. The summed E-state index contributed by atoms with van der Waals surface area (Å²) in [6.07, 6.45) is 0. The van der Waals surface area contributed by atoms with Gasteiger partial charge < -0.3 is 9.47 Å². The Balaban J connectivity index is 3.21. The van der Waals surface area contributed by atoms with Gasteiger partial charge in [0.15, 0.2) is 17.3 Å². The van der Waals surface area contributed by atoms with E-state index in [0.29, 0.717) is 34.7 Å². The van der Waals surface area contributed by atoms with E-state index >= 15 is 0 Å². The molecule has 0 aliphatic heterocycles. The lowest BCUT2D eigenvalue weighted by Gasteiger charge is -2.14. The minimum Gasteiger partial charge on any atom is -0.490 e. The third kappa shape index (κ3) is 3.72. The maximum atomic E-state index is 12.0. The number of rotatable bonds is 6. The lowest BCUT2D eigenvalue weighted by Crippen LogP contribution is -2.11. The average Bonchev–Trinajstić information content (AvgIpc) is 2.32. The van der Waals surface area contributed by atoms with E-state index < -0.39 is 0 Å². The maximum absolute atomic E-state index is 12.0. The van der Waals surface area contributed by atoms with Crippen molar-refractivity contribution in [1.29, 1.82) is 0 Å². The predicted molar refractivity (Wildman–Crippen MR) is 79.2 cm³/mol. The van der Waals surface area contributed by atoms with E-state index in [1.54, 1.807) is 19.1 Å². The van der Waals surface area contributed by atoms with Gasteiger partial charge in [0.1, 0.15) is 0 Å². The first kappa shape index (κ1) is 15.5. The molecule has 0 heterocycles. The van der Waals surface area contributed by atoms with Gasteiger partial charge in [-0.1, -0.05) is 15.9 Å². The normalized spacial score (nSPS) is 12.1. The van der Waals surface area contributed by atoms with E-state index in [9.17, 15) is 4.79 Å². The van der Waals surface area contributed by atoms with Crippen molar-refractivity contribution < 1.29 is 14.3 Å². The number of benzene rings is 1. The highest BCUT2D eigenvalue weighted by Crippen LogP contribution is 2.34. The van der Waals surface area contributed by atoms with Crippen molar-refractivity contribution >= 4 is 37.6 Å². The molecule has 1 aromatic rings. The second-order valence-corrected chi connectivity index (χ2v) is 5.85. The average molecular weight is 380 g/mol. The van der Waals surface area contributed by atoms with Gasteiger partial charge in [0.05, 0.1) is 18.0 Å². The number of alkyl halides is 1. The quantitative estimate of drug-likeness (QED) is 0.548. The molecule has 1 aromatic carbocycles. The number of carbonyl (C=O) groups is 1. The zero-order valence-corrected chi connectivity index (χ0v) is 13.8. The summed E-state index contributed by atoms with van der Waals surface area (Å²) in [5.74, 6) is 1.25. The van der Waals surface area contributed by atoms with Gasteiger partial charge in [-0.05, 0) is 48.8 Å².